The van der Waals surface area contributed by atoms with Crippen LogP contribution >= 0.6 is 0 Å². The molecule has 0 saturated heterocycles. The highest BCUT2D eigenvalue weighted by molar-refractivity contribution is 5.56. The largest absolute Gasteiger partial charge is 0.489 e. The number of nitrogens with one attached hydrogen (secondary N) is 1. The van der Waals surface area contributed by atoms with Gasteiger partial charge in [-0.2, -0.15) is 0 Å². The fraction of sp³-hybridized carbons (Fsp3) is 0.500. The van der Waals surface area contributed by atoms with Crippen LogP contribution in [-0.4, -0.2) is 35.6 Å². The second-order valence-corrected chi connectivity index (χ2v) is 4.02. The molecule has 0 spiro atoms. The number of ether oxygens (including phenoxy) is 1. The van der Waals surface area contributed by atoms with E-state index in [1.54, 1.807) is 0 Å². The van der Waals surface area contributed by atoms with Crippen molar-refractivity contribution in [1.29, 1.82) is 0 Å². The summed E-state index contributed by atoms with van der Waals surface area (Å²) in [5, 5.41) is 20.7. The van der Waals surface area contributed by atoms with Gasteiger partial charge in [0.1, 0.15) is 11.6 Å². The first-order valence-electron chi connectivity index (χ1n) is 5.52. The summed E-state index contributed by atoms with van der Waals surface area (Å²) in [4.78, 5) is 0. The molecule has 4 nitrogen and oxygen atoms in total. The second-order valence-electron chi connectivity index (χ2n) is 4.02. The lowest BCUT2D eigenvalue weighted by Gasteiger charge is -2.16. The third kappa shape index (κ3) is 4.58. The van der Waals surface area contributed by atoms with Crippen molar-refractivity contribution in [1.82, 2.24) is 0 Å². The van der Waals surface area contributed by atoms with Crippen LogP contribution in [0, 0.1) is 5.82 Å². The zero-order valence-corrected chi connectivity index (χ0v) is 9.98. The third-order valence-corrected chi connectivity index (χ3v) is 2.04. The van der Waals surface area contributed by atoms with Crippen molar-refractivity contribution in [3.05, 3.63) is 24.0 Å². The van der Waals surface area contributed by atoms with Crippen LogP contribution in [0.5, 0.6) is 5.75 Å². The maximum Gasteiger partial charge on any atom is 0.142 e. The molecule has 1 rings (SSSR count). The van der Waals surface area contributed by atoms with Crippen molar-refractivity contribution < 1.29 is 19.3 Å². The fourth-order valence-corrected chi connectivity index (χ4v) is 1.29. The van der Waals surface area contributed by atoms with Crippen molar-refractivity contribution in [2.45, 2.75) is 26.1 Å². The Hall–Kier alpha value is -1.33. The highest BCUT2D eigenvalue weighted by atomic mass is 19.1. The quantitative estimate of drug-likeness (QED) is 0.706. The molecule has 96 valence electrons. The second kappa shape index (κ2) is 6.42. The Balaban J connectivity index is 2.76. The summed E-state index contributed by atoms with van der Waals surface area (Å²) in [7, 11) is 0. The summed E-state index contributed by atoms with van der Waals surface area (Å²) in [6.07, 6.45) is -0.908. The van der Waals surface area contributed by atoms with E-state index in [1.807, 2.05) is 13.8 Å². The van der Waals surface area contributed by atoms with Gasteiger partial charge in [0.05, 0.1) is 24.5 Å². The molecule has 1 aromatic rings. The first kappa shape index (κ1) is 13.7. The molecule has 0 amide bonds. The number of aliphatic hydroxyl groups is 2. The molecular weight excluding hydrogens is 225 g/mol. The number of hydrogen-bond acceptors (Lipinski definition) is 4. The molecular formula is C12H18FNO3. The van der Waals surface area contributed by atoms with Gasteiger partial charge in [0.25, 0.3) is 0 Å². The van der Waals surface area contributed by atoms with Crippen LogP contribution in [0.15, 0.2) is 18.2 Å². The van der Waals surface area contributed by atoms with E-state index in [-0.39, 0.29) is 25.1 Å². The summed E-state index contributed by atoms with van der Waals surface area (Å²) < 4.78 is 18.6. The summed E-state index contributed by atoms with van der Waals surface area (Å²) in [6.45, 7) is 3.53. The van der Waals surface area contributed by atoms with Gasteiger partial charge in [0.2, 0.25) is 0 Å². The lowest BCUT2D eigenvalue weighted by molar-refractivity contribution is 0.105. The maximum absolute atomic E-state index is 13.1. The van der Waals surface area contributed by atoms with Crippen molar-refractivity contribution in [3.8, 4) is 5.75 Å². The van der Waals surface area contributed by atoms with Gasteiger partial charge in [-0.05, 0) is 26.0 Å². The molecule has 17 heavy (non-hydrogen) atoms. The molecule has 3 N–H and O–H groups in total. The number of rotatable bonds is 6. The molecule has 5 heteroatoms. The molecule has 0 fully saturated rings. The van der Waals surface area contributed by atoms with E-state index in [1.165, 1.54) is 18.2 Å². The molecule has 0 aliphatic rings. The van der Waals surface area contributed by atoms with Gasteiger partial charge >= 0.3 is 0 Å². The van der Waals surface area contributed by atoms with E-state index in [4.69, 9.17) is 9.84 Å². The average molecular weight is 243 g/mol. The Bertz CT molecular complexity index is 358. The minimum Gasteiger partial charge on any atom is -0.489 e. The molecule has 0 saturated carbocycles. The number of benzene rings is 1. The number of anilines is 1. The molecule has 1 unspecified atom stereocenters. The van der Waals surface area contributed by atoms with Crippen LogP contribution in [0.25, 0.3) is 0 Å². The summed E-state index contributed by atoms with van der Waals surface area (Å²) in [5.74, 6) is 0.133. The topological polar surface area (TPSA) is 61.7 Å². The molecule has 0 aliphatic heterocycles. The van der Waals surface area contributed by atoms with Crippen molar-refractivity contribution >= 4 is 5.69 Å². The van der Waals surface area contributed by atoms with E-state index in [0.29, 0.717) is 11.4 Å². The first-order valence-corrected chi connectivity index (χ1v) is 5.52. The Morgan fingerprint density at radius 1 is 1.41 bits per heavy atom. The Morgan fingerprint density at radius 3 is 2.71 bits per heavy atom. The van der Waals surface area contributed by atoms with E-state index in [2.05, 4.69) is 5.32 Å². The molecule has 1 aromatic carbocycles. The van der Waals surface area contributed by atoms with Gasteiger partial charge in [0.15, 0.2) is 0 Å². The zero-order chi connectivity index (χ0) is 12.8. The lowest BCUT2D eigenvalue weighted by Crippen LogP contribution is -2.23. The molecule has 1 atom stereocenters. The first-order chi connectivity index (χ1) is 8.02. The lowest BCUT2D eigenvalue weighted by atomic mass is 10.2. The number of halogens is 1. The van der Waals surface area contributed by atoms with Crippen LogP contribution in [0.4, 0.5) is 10.1 Å². The van der Waals surface area contributed by atoms with Crippen molar-refractivity contribution in [2.24, 2.45) is 0 Å². The van der Waals surface area contributed by atoms with E-state index >= 15 is 0 Å². The molecule has 0 heterocycles. The summed E-state index contributed by atoms with van der Waals surface area (Å²) in [6, 6.07) is 4.14. The minimum absolute atomic E-state index is 0.0243. The number of hydrogen-bond donors (Lipinski definition) is 3. The van der Waals surface area contributed by atoms with Crippen LogP contribution in [-0.2, 0) is 0 Å². The minimum atomic E-state index is -0.884. The van der Waals surface area contributed by atoms with Crippen LogP contribution in [0.1, 0.15) is 13.8 Å². The predicted molar refractivity (Wildman–Crippen MR) is 63.7 cm³/mol. The smallest absolute Gasteiger partial charge is 0.142 e. The van der Waals surface area contributed by atoms with E-state index in [9.17, 15) is 9.50 Å². The van der Waals surface area contributed by atoms with Crippen LogP contribution in [0.3, 0.4) is 0 Å². The normalized spacial score (nSPS) is 12.6. The van der Waals surface area contributed by atoms with Gasteiger partial charge in [-0.15, -0.1) is 0 Å². The molecule has 0 aliphatic carbocycles. The third-order valence-electron chi connectivity index (χ3n) is 2.04. The van der Waals surface area contributed by atoms with Crippen molar-refractivity contribution in [3.63, 3.8) is 0 Å². The summed E-state index contributed by atoms with van der Waals surface area (Å²) >= 11 is 0. The van der Waals surface area contributed by atoms with Crippen LogP contribution < -0.4 is 10.1 Å². The van der Waals surface area contributed by atoms with Gasteiger partial charge in [-0.3, -0.25) is 0 Å². The Morgan fingerprint density at radius 2 is 2.12 bits per heavy atom. The standard InChI is InChI=1S/C12H18FNO3/c1-8(2)17-12-4-3-9(13)5-11(12)14-6-10(16)7-15/h3-5,8,10,14-16H,6-7H2,1-2H3. The molecule has 0 aromatic heterocycles. The highest BCUT2D eigenvalue weighted by Gasteiger charge is 2.09. The SMILES string of the molecule is CC(C)Oc1ccc(F)cc1NCC(O)CO. The van der Waals surface area contributed by atoms with Gasteiger partial charge < -0.3 is 20.3 Å². The monoisotopic (exact) mass is 243 g/mol. The maximum atomic E-state index is 13.1. The average Bonchev–Trinajstić information content (AvgIpc) is 2.28. The van der Waals surface area contributed by atoms with Gasteiger partial charge in [-0.25, -0.2) is 4.39 Å². The van der Waals surface area contributed by atoms with Crippen molar-refractivity contribution in [2.75, 3.05) is 18.5 Å². The van der Waals surface area contributed by atoms with E-state index in [0.717, 1.165) is 0 Å². The van der Waals surface area contributed by atoms with Gasteiger partial charge in [0, 0.05) is 12.6 Å². The van der Waals surface area contributed by atoms with E-state index < -0.39 is 6.10 Å². The molecule has 0 bridgehead atoms. The zero-order valence-electron chi connectivity index (χ0n) is 9.98. The Labute approximate surface area is 100 Å². The molecule has 0 radical (unpaired) electrons. The number of aliphatic hydroxyl groups excluding tert-OH is 2. The Kier molecular flexibility index (Phi) is 5.18. The highest BCUT2D eigenvalue weighted by Crippen LogP contribution is 2.26. The fourth-order valence-electron chi connectivity index (χ4n) is 1.29. The van der Waals surface area contributed by atoms with Crippen LogP contribution in [0.2, 0.25) is 0 Å². The summed E-state index contributed by atoms with van der Waals surface area (Å²) in [5.41, 5.74) is 0.464. The predicted octanol–water partition coefficient (Wildman–Crippen LogP) is 1.38. The van der Waals surface area contributed by atoms with Gasteiger partial charge in [-0.1, -0.05) is 0 Å².